The van der Waals surface area contributed by atoms with E-state index in [4.69, 9.17) is 14.2 Å². The quantitative estimate of drug-likeness (QED) is 0.144. The zero-order valence-electron chi connectivity index (χ0n) is 25.9. The summed E-state index contributed by atoms with van der Waals surface area (Å²) < 4.78 is 18.1. The van der Waals surface area contributed by atoms with Crippen molar-refractivity contribution in [3.05, 3.63) is 114 Å². The van der Waals surface area contributed by atoms with Gasteiger partial charge in [0.15, 0.2) is 11.5 Å². The van der Waals surface area contributed by atoms with Gasteiger partial charge in [-0.2, -0.15) is 0 Å². The molecule has 2 N–H and O–H groups in total. The topological polar surface area (TPSA) is 76.1 Å². The molecule has 0 atom stereocenters. The molecule has 0 saturated carbocycles. The molecule has 4 aromatic carbocycles. The second-order valence-electron chi connectivity index (χ2n) is 11.7. The Balaban J connectivity index is 1.24. The Kier molecular flexibility index (Phi) is 10.00. The molecule has 228 valence electrons. The van der Waals surface area contributed by atoms with E-state index >= 15 is 0 Å². The van der Waals surface area contributed by atoms with E-state index in [9.17, 15) is 5.11 Å². The first-order valence-corrected chi connectivity index (χ1v) is 14.9. The Morgan fingerprint density at radius 3 is 2.16 bits per heavy atom. The summed E-state index contributed by atoms with van der Waals surface area (Å²) in [4.78, 5) is 6.72. The number of fused-ring (bicyclic) bond motifs is 1. The molecular formula is C37H41N3O4. The number of hydrogen-bond acceptors (Lipinski definition) is 7. The molecule has 0 saturated heterocycles. The van der Waals surface area contributed by atoms with Gasteiger partial charge in [0.1, 0.15) is 18.1 Å². The third kappa shape index (κ3) is 8.07. The summed E-state index contributed by atoms with van der Waals surface area (Å²) in [5.41, 5.74) is 5.37. The van der Waals surface area contributed by atoms with Gasteiger partial charge >= 0.3 is 0 Å². The van der Waals surface area contributed by atoms with Crippen molar-refractivity contribution in [2.45, 2.75) is 32.7 Å². The maximum absolute atomic E-state index is 9.54. The molecule has 7 nitrogen and oxygen atoms in total. The maximum Gasteiger partial charge on any atom is 0.163 e. The van der Waals surface area contributed by atoms with Crippen molar-refractivity contribution in [2.75, 3.05) is 38.7 Å². The first kappa shape index (κ1) is 30.9. The van der Waals surface area contributed by atoms with Gasteiger partial charge in [-0.1, -0.05) is 63.2 Å². The molecule has 5 aromatic rings. The molecule has 0 fully saturated rings. The van der Waals surface area contributed by atoms with Crippen LogP contribution in [-0.2, 0) is 12.0 Å². The lowest BCUT2D eigenvalue weighted by Gasteiger charge is -2.22. The van der Waals surface area contributed by atoms with Crippen LogP contribution in [0.5, 0.6) is 23.0 Å². The van der Waals surface area contributed by atoms with Gasteiger partial charge in [-0.05, 0) is 65.1 Å². The lowest BCUT2D eigenvalue weighted by molar-refractivity contribution is 0.161. The van der Waals surface area contributed by atoms with Crippen LogP contribution in [-0.4, -0.2) is 48.4 Å². The molecule has 0 radical (unpaired) electrons. The van der Waals surface area contributed by atoms with Crippen molar-refractivity contribution in [2.24, 2.45) is 0 Å². The summed E-state index contributed by atoms with van der Waals surface area (Å²) in [5.74, 6) is 2.60. The van der Waals surface area contributed by atoms with Crippen LogP contribution in [0, 0.1) is 0 Å². The predicted molar refractivity (Wildman–Crippen MR) is 178 cm³/mol. The highest BCUT2D eigenvalue weighted by Gasteiger charge is 2.15. The number of pyridine rings is 1. The fourth-order valence-electron chi connectivity index (χ4n) is 4.98. The SMILES string of the molecule is COc1cc2c(Oc3ccc(Nc4ccc(C(C)(C)C)cc4)cc3)ccnc2cc1OCCN(CCO)Cc1ccccc1. The number of benzene rings is 4. The molecule has 1 aromatic heterocycles. The summed E-state index contributed by atoms with van der Waals surface area (Å²) in [6, 6.07) is 32.3. The van der Waals surface area contributed by atoms with Crippen LogP contribution in [0.3, 0.4) is 0 Å². The Labute approximate surface area is 260 Å². The highest BCUT2D eigenvalue weighted by molar-refractivity contribution is 5.88. The smallest absolute Gasteiger partial charge is 0.163 e. The van der Waals surface area contributed by atoms with Crippen LogP contribution < -0.4 is 19.5 Å². The molecule has 0 spiro atoms. The van der Waals surface area contributed by atoms with Crippen molar-refractivity contribution < 1.29 is 19.3 Å². The van der Waals surface area contributed by atoms with Crippen LogP contribution in [0.2, 0.25) is 0 Å². The van der Waals surface area contributed by atoms with E-state index in [2.05, 4.69) is 72.4 Å². The van der Waals surface area contributed by atoms with E-state index < -0.39 is 0 Å². The van der Waals surface area contributed by atoms with E-state index in [1.54, 1.807) is 13.3 Å². The second kappa shape index (κ2) is 14.3. The monoisotopic (exact) mass is 591 g/mol. The minimum absolute atomic E-state index is 0.0868. The summed E-state index contributed by atoms with van der Waals surface area (Å²) in [6.45, 7) is 9.13. The van der Waals surface area contributed by atoms with Gasteiger partial charge in [0.25, 0.3) is 0 Å². The van der Waals surface area contributed by atoms with E-state index in [0.717, 1.165) is 28.8 Å². The van der Waals surface area contributed by atoms with E-state index in [1.807, 2.05) is 60.7 Å². The molecule has 0 amide bonds. The Bertz CT molecular complexity index is 1630. The van der Waals surface area contributed by atoms with Crippen molar-refractivity contribution in [1.29, 1.82) is 0 Å². The van der Waals surface area contributed by atoms with E-state index in [0.29, 0.717) is 42.7 Å². The van der Waals surface area contributed by atoms with Gasteiger partial charge in [0.05, 0.1) is 19.2 Å². The van der Waals surface area contributed by atoms with Gasteiger partial charge in [0.2, 0.25) is 0 Å². The van der Waals surface area contributed by atoms with Crippen LogP contribution in [0.1, 0.15) is 31.9 Å². The summed E-state index contributed by atoms with van der Waals surface area (Å²) in [7, 11) is 1.63. The Hall–Kier alpha value is -4.59. The first-order chi connectivity index (χ1) is 21.3. The number of nitrogens with one attached hydrogen (secondary N) is 1. The zero-order valence-corrected chi connectivity index (χ0v) is 25.9. The van der Waals surface area contributed by atoms with Gasteiger partial charge in [-0.25, -0.2) is 0 Å². The molecule has 0 aliphatic carbocycles. The lowest BCUT2D eigenvalue weighted by Crippen LogP contribution is -2.30. The van der Waals surface area contributed by atoms with Crippen LogP contribution in [0.15, 0.2) is 103 Å². The fourth-order valence-corrected chi connectivity index (χ4v) is 4.98. The fraction of sp³-hybridized carbons (Fsp3) is 0.270. The van der Waals surface area contributed by atoms with E-state index in [1.165, 1.54) is 11.1 Å². The molecule has 0 bridgehead atoms. The molecule has 5 rings (SSSR count). The van der Waals surface area contributed by atoms with Crippen molar-refractivity contribution in [1.82, 2.24) is 9.88 Å². The number of aromatic nitrogens is 1. The zero-order chi connectivity index (χ0) is 30.9. The number of hydrogen-bond donors (Lipinski definition) is 2. The Morgan fingerprint density at radius 2 is 1.50 bits per heavy atom. The van der Waals surface area contributed by atoms with Gasteiger partial charge in [0, 0.05) is 48.7 Å². The summed E-state index contributed by atoms with van der Waals surface area (Å²) in [6.07, 6.45) is 1.73. The second-order valence-corrected chi connectivity index (χ2v) is 11.7. The molecular weight excluding hydrogens is 550 g/mol. The Morgan fingerprint density at radius 1 is 0.795 bits per heavy atom. The largest absolute Gasteiger partial charge is 0.493 e. The number of nitrogens with zero attached hydrogens (tertiary/aromatic N) is 2. The number of aliphatic hydroxyl groups is 1. The highest BCUT2D eigenvalue weighted by atomic mass is 16.5. The number of methoxy groups -OCH3 is 1. The first-order valence-electron chi connectivity index (χ1n) is 14.9. The standard InChI is InChI=1S/C37H41N3O4/c1-37(2,3)28-10-12-29(13-11-28)39-30-14-16-31(17-15-30)44-34-18-19-38-33-25-36(35(42-4)24-32(33)34)43-23-21-40(20-22-41)26-27-8-6-5-7-9-27/h5-19,24-25,39,41H,20-23,26H2,1-4H3. The van der Waals surface area contributed by atoms with Crippen LogP contribution in [0.25, 0.3) is 10.9 Å². The van der Waals surface area contributed by atoms with Crippen LogP contribution >= 0.6 is 0 Å². The predicted octanol–water partition coefficient (Wildman–Crippen LogP) is 7.95. The molecule has 0 unspecified atom stereocenters. The van der Waals surface area contributed by atoms with Crippen molar-refractivity contribution >= 4 is 22.3 Å². The molecule has 1 heterocycles. The summed E-state index contributed by atoms with van der Waals surface area (Å²) >= 11 is 0. The molecule has 0 aliphatic rings. The van der Waals surface area contributed by atoms with Crippen molar-refractivity contribution in [3.8, 4) is 23.0 Å². The lowest BCUT2D eigenvalue weighted by atomic mass is 9.87. The maximum atomic E-state index is 9.54. The molecule has 44 heavy (non-hydrogen) atoms. The van der Waals surface area contributed by atoms with E-state index in [-0.39, 0.29) is 12.0 Å². The van der Waals surface area contributed by atoms with Gasteiger partial charge in [-0.15, -0.1) is 0 Å². The van der Waals surface area contributed by atoms with Crippen molar-refractivity contribution in [3.63, 3.8) is 0 Å². The number of ether oxygens (including phenoxy) is 3. The van der Waals surface area contributed by atoms with Gasteiger partial charge in [-0.3, -0.25) is 9.88 Å². The third-order valence-electron chi connectivity index (χ3n) is 7.44. The highest BCUT2D eigenvalue weighted by Crippen LogP contribution is 2.37. The average Bonchev–Trinajstić information content (AvgIpc) is 3.02. The number of aliphatic hydroxyl groups excluding tert-OH is 1. The normalized spacial score (nSPS) is 11.5. The number of anilines is 2. The van der Waals surface area contributed by atoms with Crippen LogP contribution in [0.4, 0.5) is 11.4 Å². The van der Waals surface area contributed by atoms with Gasteiger partial charge < -0.3 is 24.6 Å². The third-order valence-corrected chi connectivity index (χ3v) is 7.44. The molecule has 7 heteroatoms. The minimum atomic E-state index is 0.0868. The molecule has 0 aliphatic heterocycles. The number of rotatable bonds is 13. The average molecular weight is 592 g/mol. The minimum Gasteiger partial charge on any atom is -0.493 e. The summed E-state index contributed by atoms with van der Waals surface area (Å²) in [5, 5.41) is 13.8.